The van der Waals surface area contributed by atoms with Gasteiger partial charge in [0.15, 0.2) is 6.10 Å². The van der Waals surface area contributed by atoms with Crippen LogP contribution in [0.1, 0.15) is 44.6 Å². The number of rotatable bonds is 9. The Morgan fingerprint density at radius 1 is 0.667 bits per heavy atom. The van der Waals surface area contributed by atoms with Gasteiger partial charge in [0.2, 0.25) is 11.7 Å². The predicted octanol–water partition coefficient (Wildman–Crippen LogP) is 5.41. The highest BCUT2D eigenvalue weighted by molar-refractivity contribution is 6.01. The molecule has 4 rings (SSSR count). The van der Waals surface area contributed by atoms with Crippen molar-refractivity contribution in [2.75, 3.05) is 6.54 Å². The number of Topliss-reactive ketones (excluding diaryl/α,β-unsaturated/α-hetero) is 1. The molecule has 1 N–H and O–H groups in total. The van der Waals surface area contributed by atoms with Crippen molar-refractivity contribution in [2.45, 2.75) is 18.9 Å². The molecule has 0 heterocycles. The molecule has 0 radical (unpaired) electrons. The zero-order valence-corrected chi connectivity index (χ0v) is 20.0. The average Bonchev–Trinajstić information content (AvgIpc) is 2.92. The summed E-state index contributed by atoms with van der Waals surface area (Å²) < 4.78 is 5.62. The maximum Gasteiger partial charge on any atom is 0.326 e. The molecule has 180 valence electrons. The fourth-order valence-corrected chi connectivity index (χ4v) is 3.99. The number of nitrogens with one attached hydrogen (secondary N) is 1. The number of aryl methyl sites for hydroxylation is 1. The van der Waals surface area contributed by atoms with Crippen LogP contribution in [0.5, 0.6) is 0 Å². The van der Waals surface area contributed by atoms with Gasteiger partial charge in [0.05, 0.1) is 5.92 Å². The Morgan fingerprint density at radius 2 is 1.14 bits per heavy atom. The van der Waals surface area contributed by atoms with E-state index in [4.69, 9.17) is 4.74 Å². The van der Waals surface area contributed by atoms with Gasteiger partial charge in [0.1, 0.15) is 6.54 Å². The zero-order chi connectivity index (χ0) is 25.3. The first-order valence-electron chi connectivity index (χ1n) is 11.8. The van der Waals surface area contributed by atoms with Crippen molar-refractivity contribution in [2.24, 2.45) is 0 Å². The van der Waals surface area contributed by atoms with Crippen molar-refractivity contribution in [3.8, 4) is 0 Å². The third-order valence-electron chi connectivity index (χ3n) is 5.86. The topological polar surface area (TPSA) is 72.5 Å². The molecule has 0 saturated carbocycles. The van der Waals surface area contributed by atoms with Gasteiger partial charge < -0.3 is 10.1 Å². The molecular weight excluding hydrogens is 450 g/mol. The molecule has 0 fully saturated rings. The molecule has 0 aromatic heterocycles. The Hall–Kier alpha value is -4.51. The number of carbonyl (C=O) groups excluding carboxylic acids is 3. The molecular formula is C31H27NO4. The quantitative estimate of drug-likeness (QED) is 0.258. The van der Waals surface area contributed by atoms with E-state index >= 15 is 0 Å². The summed E-state index contributed by atoms with van der Waals surface area (Å²) in [5.41, 5.74) is 3.65. The van der Waals surface area contributed by atoms with Gasteiger partial charge >= 0.3 is 5.97 Å². The van der Waals surface area contributed by atoms with Crippen LogP contribution < -0.4 is 5.32 Å². The lowest BCUT2D eigenvalue weighted by Crippen LogP contribution is -2.36. The van der Waals surface area contributed by atoms with Crippen LogP contribution in [0.25, 0.3) is 0 Å². The van der Waals surface area contributed by atoms with Crippen LogP contribution in [0.3, 0.4) is 0 Å². The SMILES string of the molecule is Cc1ccc(C(=O)[C@H](OC(=O)CNC(=O)C(c2ccccc2)c2ccccc2)c2ccccc2)cc1. The first kappa shape index (κ1) is 24.6. The van der Waals surface area contributed by atoms with E-state index < -0.39 is 18.0 Å². The van der Waals surface area contributed by atoms with Crippen LogP contribution in [-0.4, -0.2) is 24.2 Å². The molecule has 1 amide bonds. The number of hydrogen-bond donors (Lipinski definition) is 1. The van der Waals surface area contributed by atoms with Crippen LogP contribution in [-0.2, 0) is 14.3 Å². The number of amides is 1. The van der Waals surface area contributed by atoms with E-state index in [0.717, 1.165) is 16.7 Å². The van der Waals surface area contributed by atoms with E-state index in [1.165, 1.54) is 0 Å². The summed E-state index contributed by atoms with van der Waals surface area (Å²) in [5.74, 6) is -1.94. The van der Waals surface area contributed by atoms with Crippen LogP contribution in [0, 0.1) is 6.92 Å². The van der Waals surface area contributed by atoms with Crippen LogP contribution in [0.15, 0.2) is 115 Å². The molecule has 0 aliphatic heterocycles. The van der Waals surface area contributed by atoms with Gasteiger partial charge in [-0.2, -0.15) is 0 Å². The number of esters is 1. The Morgan fingerprint density at radius 3 is 1.64 bits per heavy atom. The number of carbonyl (C=O) groups is 3. The smallest absolute Gasteiger partial charge is 0.326 e. The van der Waals surface area contributed by atoms with E-state index in [1.807, 2.05) is 85.8 Å². The van der Waals surface area contributed by atoms with Gasteiger partial charge in [-0.1, -0.05) is 121 Å². The molecule has 1 atom stereocenters. The fourth-order valence-electron chi connectivity index (χ4n) is 3.99. The largest absolute Gasteiger partial charge is 0.448 e. The minimum Gasteiger partial charge on any atom is -0.448 e. The fraction of sp³-hybridized carbons (Fsp3) is 0.129. The summed E-state index contributed by atoms with van der Waals surface area (Å²) in [6.07, 6.45) is -1.11. The Balaban J connectivity index is 1.49. The molecule has 0 unspecified atom stereocenters. The van der Waals surface area contributed by atoms with Gasteiger partial charge in [0.25, 0.3) is 0 Å². The van der Waals surface area contributed by atoms with Crippen LogP contribution in [0.2, 0.25) is 0 Å². The van der Waals surface area contributed by atoms with Crippen molar-refractivity contribution in [3.63, 3.8) is 0 Å². The number of ketones is 1. The first-order valence-corrected chi connectivity index (χ1v) is 11.8. The van der Waals surface area contributed by atoms with Crippen molar-refractivity contribution in [1.82, 2.24) is 5.32 Å². The van der Waals surface area contributed by atoms with E-state index in [-0.39, 0.29) is 18.2 Å². The molecule has 0 saturated heterocycles. The van der Waals surface area contributed by atoms with Crippen LogP contribution in [0.4, 0.5) is 0 Å². The maximum absolute atomic E-state index is 13.2. The molecule has 5 heteroatoms. The standard InChI is InChI=1S/C31H27NO4/c1-22-17-19-25(20-18-22)29(34)30(26-15-9-4-10-16-26)36-27(33)21-32-31(35)28(23-11-5-2-6-12-23)24-13-7-3-8-14-24/h2-20,28,30H,21H2,1H3,(H,32,35)/t30-/m1/s1. The highest BCUT2D eigenvalue weighted by atomic mass is 16.5. The third-order valence-corrected chi connectivity index (χ3v) is 5.86. The lowest BCUT2D eigenvalue weighted by molar-refractivity contribution is -0.147. The second-order valence-electron chi connectivity index (χ2n) is 8.48. The first-order chi connectivity index (χ1) is 17.5. The van der Waals surface area contributed by atoms with Crippen molar-refractivity contribution < 1.29 is 19.1 Å². The number of hydrogen-bond acceptors (Lipinski definition) is 4. The lowest BCUT2D eigenvalue weighted by atomic mass is 9.90. The van der Waals surface area contributed by atoms with E-state index in [1.54, 1.807) is 36.4 Å². The maximum atomic E-state index is 13.2. The Bertz CT molecular complexity index is 1260. The molecule has 4 aromatic carbocycles. The van der Waals surface area contributed by atoms with Gasteiger partial charge in [-0.15, -0.1) is 0 Å². The summed E-state index contributed by atoms with van der Waals surface area (Å²) >= 11 is 0. The number of benzene rings is 4. The van der Waals surface area contributed by atoms with Gasteiger partial charge in [-0.25, -0.2) is 0 Å². The van der Waals surface area contributed by atoms with E-state index in [2.05, 4.69) is 5.32 Å². The highest BCUT2D eigenvalue weighted by Gasteiger charge is 2.27. The summed E-state index contributed by atoms with van der Waals surface area (Å²) in [6, 6.07) is 34.7. The van der Waals surface area contributed by atoms with Crippen molar-refractivity contribution in [1.29, 1.82) is 0 Å². The van der Waals surface area contributed by atoms with Crippen molar-refractivity contribution in [3.05, 3.63) is 143 Å². The van der Waals surface area contributed by atoms with E-state index in [0.29, 0.717) is 11.1 Å². The molecule has 0 spiro atoms. The molecule has 0 aliphatic carbocycles. The third kappa shape index (κ3) is 6.13. The zero-order valence-electron chi connectivity index (χ0n) is 20.0. The molecule has 0 bridgehead atoms. The molecule has 0 aliphatic rings. The summed E-state index contributed by atoms with van der Waals surface area (Å²) in [6.45, 7) is 1.57. The second-order valence-corrected chi connectivity index (χ2v) is 8.48. The Labute approximate surface area is 210 Å². The van der Waals surface area contributed by atoms with Gasteiger partial charge in [0, 0.05) is 11.1 Å². The highest BCUT2D eigenvalue weighted by Crippen LogP contribution is 2.25. The Kier molecular flexibility index (Phi) is 8.04. The summed E-state index contributed by atoms with van der Waals surface area (Å²) in [5, 5.41) is 2.70. The average molecular weight is 478 g/mol. The number of ether oxygens (including phenoxy) is 1. The van der Waals surface area contributed by atoms with Crippen molar-refractivity contribution >= 4 is 17.7 Å². The second kappa shape index (κ2) is 11.8. The summed E-state index contributed by atoms with van der Waals surface area (Å²) in [7, 11) is 0. The molecule has 5 nitrogen and oxygen atoms in total. The van der Waals surface area contributed by atoms with Gasteiger partial charge in [-0.05, 0) is 18.1 Å². The molecule has 4 aromatic rings. The predicted molar refractivity (Wildman–Crippen MR) is 139 cm³/mol. The summed E-state index contributed by atoms with van der Waals surface area (Å²) in [4.78, 5) is 39.3. The minimum absolute atomic E-state index is 0.327. The lowest BCUT2D eigenvalue weighted by Gasteiger charge is -2.20. The van der Waals surface area contributed by atoms with Crippen LogP contribution >= 0.6 is 0 Å². The van der Waals surface area contributed by atoms with E-state index in [9.17, 15) is 14.4 Å². The van der Waals surface area contributed by atoms with Gasteiger partial charge in [-0.3, -0.25) is 14.4 Å². The normalized spacial score (nSPS) is 11.5. The minimum atomic E-state index is -1.11. The molecule has 36 heavy (non-hydrogen) atoms. The monoisotopic (exact) mass is 477 g/mol.